The van der Waals surface area contributed by atoms with Gasteiger partial charge in [0.15, 0.2) is 0 Å². The fourth-order valence-electron chi connectivity index (χ4n) is 2.89. The van der Waals surface area contributed by atoms with Gasteiger partial charge in [0, 0.05) is 28.1 Å². The number of anilines is 1. The van der Waals surface area contributed by atoms with Gasteiger partial charge in [-0.2, -0.15) is 4.98 Å². The molecule has 0 bridgehead atoms. The summed E-state index contributed by atoms with van der Waals surface area (Å²) in [5.74, 6) is -0.340. The normalized spacial score (nSPS) is 10.9. The second kappa shape index (κ2) is 6.86. The van der Waals surface area contributed by atoms with E-state index in [0.717, 1.165) is 16.8 Å². The van der Waals surface area contributed by atoms with Gasteiger partial charge in [-0.05, 0) is 19.9 Å². The van der Waals surface area contributed by atoms with Gasteiger partial charge in [-0.1, -0.05) is 35.9 Å². The van der Waals surface area contributed by atoms with Crippen molar-refractivity contribution in [2.24, 2.45) is 0 Å². The zero-order valence-electron chi connectivity index (χ0n) is 15.0. The van der Waals surface area contributed by atoms with Crippen molar-refractivity contribution in [3.63, 3.8) is 0 Å². The molecule has 4 aromatic rings. The van der Waals surface area contributed by atoms with Gasteiger partial charge >= 0.3 is 0 Å². The van der Waals surface area contributed by atoms with Gasteiger partial charge in [0.2, 0.25) is 4.96 Å². The molecule has 0 atom stereocenters. The van der Waals surface area contributed by atoms with Gasteiger partial charge in [0.25, 0.3) is 17.5 Å². The molecule has 140 valence electrons. The van der Waals surface area contributed by atoms with E-state index in [1.165, 1.54) is 29.5 Å². The number of nitrogens with one attached hydrogen (secondary N) is 1. The average molecular weight is 393 g/mol. The molecule has 0 aliphatic heterocycles. The molecule has 4 rings (SSSR count). The Balaban J connectivity index is 1.64. The Bertz CT molecular complexity index is 1210. The predicted octanol–water partition coefficient (Wildman–Crippen LogP) is 4.24. The quantitative estimate of drug-likeness (QED) is 0.413. The molecular weight excluding hydrogens is 378 g/mol. The van der Waals surface area contributed by atoms with E-state index < -0.39 is 10.8 Å². The van der Waals surface area contributed by atoms with Gasteiger partial charge in [-0.25, -0.2) is 4.52 Å². The number of carbonyl (C=O) groups excluding carboxylic acids is 1. The number of aromatic nitrogens is 3. The largest absolute Gasteiger partial charge is 0.289 e. The lowest BCUT2D eigenvalue weighted by Crippen LogP contribution is -2.15. The van der Waals surface area contributed by atoms with Crippen LogP contribution in [0.25, 0.3) is 16.2 Å². The summed E-state index contributed by atoms with van der Waals surface area (Å²) < 4.78 is 1.67. The zero-order chi connectivity index (χ0) is 19.8. The van der Waals surface area contributed by atoms with E-state index in [4.69, 9.17) is 0 Å². The molecule has 0 unspecified atom stereocenters. The lowest BCUT2D eigenvalue weighted by Gasteiger charge is -2.05. The van der Waals surface area contributed by atoms with Crippen LogP contribution in [0.15, 0.2) is 47.8 Å². The number of rotatable bonds is 4. The molecule has 0 aliphatic rings. The van der Waals surface area contributed by atoms with Crippen molar-refractivity contribution < 1.29 is 9.72 Å². The number of carbonyl (C=O) groups is 1. The fourth-order valence-corrected chi connectivity index (χ4v) is 3.72. The molecular formula is C19H15N5O3S. The second-order valence-electron chi connectivity index (χ2n) is 6.28. The van der Waals surface area contributed by atoms with Crippen molar-refractivity contribution in [3.8, 4) is 11.3 Å². The van der Waals surface area contributed by atoms with Gasteiger partial charge in [0.1, 0.15) is 0 Å². The third kappa shape index (κ3) is 3.12. The van der Waals surface area contributed by atoms with Crippen molar-refractivity contribution in [2.75, 3.05) is 5.32 Å². The van der Waals surface area contributed by atoms with Crippen LogP contribution in [0.4, 0.5) is 11.6 Å². The van der Waals surface area contributed by atoms with E-state index in [0.29, 0.717) is 10.5 Å². The standard InChI is InChI=1S/C19H15N5O3S/c1-11-6-8-13(9-7-11)16-10-28-19-21-18(22-23(16)19)20-17(25)14-4-3-5-15(12(14)2)24(26)27/h3-10H,1-2H3,(H,20,22,25). The maximum atomic E-state index is 12.6. The molecule has 8 nitrogen and oxygen atoms in total. The summed E-state index contributed by atoms with van der Waals surface area (Å²) in [5.41, 5.74) is 3.44. The van der Waals surface area contributed by atoms with Crippen molar-refractivity contribution in [1.82, 2.24) is 14.6 Å². The highest BCUT2D eigenvalue weighted by Crippen LogP contribution is 2.27. The molecule has 1 amide bonds. The molecule has 0 spiro atoms. The van der Waals surface area contributed by atoms with Crippen LogP contribution in [0.3, 0.4) is 0 Å². The summed E-state index contributed by atoms with van der Waals surface area (Å²) in [6.07, 6.45) is 0. The topological polar surface area (TPSA) is 102 Å². The Kier molecular flexibility index (Phi) is 4.36. The number of nitro benzene ring substituents is 1. The molecule has 0 fully saturated rings. The van der Waals surface area contributed by atoms with Crippen LogP contribution in [-0.4, -0.2) is 25.4 Å². The lowest BCUT2D eigenvalue weighted by atomic mass is 10.1. The fraction of sp³-hybridized carbons (Fsp3) is 0.105. The molecule has 0 saturated heterocycles. The predicted molar refractivity (Wildman–Crippen MR) is 107 cm³/mol. The second-order valence-corrected chi connectivity index (χ2v) is 7.11. The molecule has 2 aromatic carbocycles. The van der Waals surface area contributed by atoms with Crippen LogP contribution in [0.1, 0.15) is 21.5 Å². The first-order valence-corrected chi connectivity index (χ1v) is 9.28. The summed E-state index contributed by atoms with van der Waals surface area (Å²) in [7, 11) is 0. The van der Waals surface area contributed by atoms with Gasteiger partial charge in [-0.3, -0.25) is 20.2 Å². The number of amides is 1. The highest BCUT2D eigenvalue weighted by molar-refractivity contribution is 7.15. The number of fused-ring (bicyclic) bond motifs is 1. The van der Waals surface area contributed by atoms with Gasteiger partial charge < -0.3 is 0 Å². The Morgan fingerprint density at radius 1 is 1.18 bits per heavy atom. The third-order valence-corrected chi connectivity index (χ3v) is 5.22. The van der Waals surface area contributed by atoms with E-state index in [1.807, 2.05) is 36.6 Å². The number of aryl methyl sites for hydroxylation is 1. The molecule has 2 heterocycles. The van der Waals surface area contributed by atoms with Gasteiger partial charge in [-0.15, -0.1) is 16.4 Å². The Morgan fingerprint density at radius 3 is 2.64 bits per heavy atom. The molecule has 1 N–H and O–H groups in total. The number of thiazole rings is 1. The Hall–Kier alpha value is -3.59. The molecule has 0 aliphatic carbocycles. The van der Waals surface area contributed by atoms with Crippen LogP contribution >= 0.6 is 11.3 Å². The van der Waals surface area contributed by atoms with Crippen LogP contribution in [0.2, 0.25) is 0 Å². The minimum Gasteiger partial charge on any atom is -0.289 e. The maximum absolute atomic E-state index is 12.6. The minimum atomic E-state index is -0.509. The van der Waals surface area contributed by atoms with Crippen molar-refractivity contribution in [2.45, 2.75) is 13.8 Å². The minimum absolute atomic E-state index is 0.104. The Morgan fingerprint density at radius 2 is 1.93 bits per heavy atom. The summed E-state index contributed by atoms with van der Waals surface area (Å²) in [6, 6.07) is 12.4. The van der Waals surface area contributed by atoms with Crippen molar-refractivity contribution in [3.05, 3.63) is 74.6 Å². The Labute approximate surface area is 163 Å². The highest BCUT2D eigenvalue weighted by atomic mass is 32.1. The third-order valence-electron chi connectivity index (χ3n) is 4.40. The van der Waals surface area contributed by atoms with E-state index in [1.54, 1.807) is 11.4 Å². The molecule has 0 saturated carbocycles. The smallest absolute Gasteiger partial charge is 0.273 e. The van der Waals surface area contributed by atoms with Crippen molar-refractivity contribution >= 4 is 33.8 Å². The first-order chi connectivity index (χ1) is 13.4. The van der Waals surface area contributed by atoms with E-state index >= 15 is 0 Å². The van der Waals surface area contributed by atoms with Crippen LogP contribution in [0, 0.1) is 24.0 Å². The van der Waals surface area contributed by atoms with Gasteiger partial charge in [0.05, 0.1) is 10.6 Å². The van der Waals surface area contributed by atoms with E-state index in [9.17, 15) is 14.9 Å². The molecule has 2 aromatic heterocycles. The zero-order valence-corrected chi connectivity index (χ0v) is 15.9. The number of nitro groups is 1. The first kappa shape index (κ1) is 17.8. The van der Waals surface area contributed by atoms with E-state index in [2.05, 4.69) is 15.4 Å². The molecule has 0 radical (unpaired) electrons. The summed E-state index contributed by atoms with van der Waals surface area (Å²) in [5, 5.41) is 20.0. The highest BCUT2D eigenvalue weighted by Gasteiger charge is 2.20. The number of benzene rings is 2. The summed E-state index contributed by atoms with van der Waals surface area (Å²) in [6.45, 7) is 3.56. The summed E-state index contributed by atoms with van der Waals surface area (Å²) in [4.78, 5) is 28.1. The number of hydrogen-bond donors (Lipinski definition) is 1. The summed E-state index contributed by atoms with van der Waals surface area (Å²) >= 11 is 1.41. The van der Waals surface area contributed by atoms with Crippen LogP contribution < -0.4 is 5.32 Å². The molecule has 28 heavy (non-hydrogen) atoms. The number of nitrogens with zero attached hydrogens (tertiary/aromatic N) is 4. The first-order valence-electron chi connectivity index (χ1n) is 8.40. The average Bonchev–Trinajstić information content (AvgIpc) is 3.22. The lowest BCUT2D eigenvalue weighted by molar-refractivity contribution is -0.385. The van der Waals surface area contributed by atoms with Crippen LogP contribution in [-0.2, 0) is 0 Å². The van der Waals surface area contributed by atoms with E-state index in [-0.39, 0.29) is 17.2 Å². The SMILES string of the molecule is Cc1ccc(-c2csc3nc(NC(=O)c4cccc([N+](=O)[O-])c4C)nn23)cc1. The van der Waals surface area contributed by atoms with Crippen molar-refractivity contribution in [1.29, 1.82) is 0 Å². The monoisotopic (exact) mass is 393 g/mol. The maximum Gasteiger partial charge on any atom is 0.273 e. The van der Waals surface area contributed by atoms with Crippen LogP contribution in [0.5, 0.6) is 0 Å². The number of hydrogen-bond acceptors (Lipinski definition) is 6. The molecule has 9 heteroatoms.